The average molecular weight is 368 g/mol. The highest BCUT2D eigenvalue weighted by atomic mass is 16.7. The molecule has 0 bridgehead atoms. The Morgan fingerprint density at radius 3 is 2.19 bits per heavy atom. The first kappa shape index (κ1) is 18.8. The van der Waals surface area contributed by atoms with E-state index in [1.54, 1.807) is 0 Å². The fourth-order valence-corrected chi connectivity index (χ4v) is 4.50. The summed E-state index contributed by atoms with van der Waals surface area (Å²) in [6.45, 7) is 8.20. The minimum absolute atomic E-state index is 0.0976. The molecule has 2 unspecified atom stereocenters. The predicted octanol–water partition coefficient (Wildman–Crippen LogP) is 4.51. The molecule has 0 aromatic heterocycles. The van der Waals surface area contributed by atoms with Gasteiger partial charge >= 0.3 is 13.1 Å². The molecule has 1 heterocycles. The van der Waals surface area contributed by atoms with Gasteiger partial charge in [0.1, 0.15) is 0 Å². The number of ether oxygens (including phenoxy) is 1. The number of rotatable bonds is 3. The van der Waals surface area contributed by atoms with Crippen molar-refractivity contribution in [1.29, 1.82) is 0 Å². The van der Waals surface area contributed by atoms with E-state index in [0.717, 1.165) is 19.3 Å². The number of carbonyl (C=O) groups excluding carboxylic acids is 1. The van der Waals surface area contributed by atoms with Crippen LogP contribution in [-0.4, -0.2) is 31.4 Å². The fraction of sp³-hybridized carbons (Fsp3) is 0.591. The number of esters is 1. The molecule has 2 atom stereocenters. The smallest absolute Gasteiger partial charge is 0.466 e. The van der Waals surface area contributed by atoms with E-state index in [2.05, 4.69) is 30.3 Å². The fourth-order valence-electron chi connectivity index (χ4n) is 4.50. The molecule has 27 heavy (non-hydrogen) atoms. The van der Waals surface area contributed by atoms with Crippen molar-refractivity contribution >= 4 is 18.7 Å². The van der Waals surface area contributed by atoms with Crippen LogP contribution in [0.5, 0.6) is 0 Å². The topological polar surface area (TPSA) is 44.8 Å². The van der Waals surface area contributed by atoms with Crippen LogP contribution in [0.15, 0.2) is 36.4 Å². The van der Waals surface area contributed by atoms with Crippen molar-refractivity contribution in [3.63, 3.8) is 0 Å². The standard InChI is InChI=1S/C22H29BO4/c1-20(2)21(3,4)27-23(26-20)18-13-17(15-9-7-6-8-10-15)22(11-12-22)14-16(18)19(24)25-5/h6-10,13,16,18H,11-12,14H2,1-5H3. The molecule has 2 aliphatic carbocycles. The Hall–Kier alpha value is -1.59. The first-order valence-corrected chi connectivity index (χ1v) is 9.90. The molecule has 0 amide bonds. The van der Waals surface area contributed by atoms with Gasteiger partial charge in [0.15, 0.2) is 0 Å². The molecule has 1 spiro atoms. The highest BCUT2D eigenvalue weighted by molar-refractivity contribution is 6.49. The molecular formula is C22H29BO4. The zero-order valence-corrected chi connectivity index (χ0v) is 17.0. The number of carbonyl (C=O) groups is 1. The lowest BCUT2D eigenvalue weighted by Gasteiger charge is -2.35. The molecule has 5 heteroatoms. The summed E-state index contributed by atoms with van der Waals surface area (Å²) in [5.74, 6) is -0.552. The highest BCUT2D eigenvalue weighted by Crippen LogP contribution is 2.64. The SMILES string of the molecule is COC(=O)C1CC2(CC2)C(c2ccccc2)=CC1B1OC(C)(C)C(C)(C)O1. The summed E-state index contributed by atoms with van der Waals surface area (Å²) in [7, 11) is 1.02. The van der Waals surface area contributed by atoms with Gasteiger partial charge in [-0.3, -0.25) is 4.79 Å². The number of hydrogen-bond donors (Lipinski definition) is 0. The van der Waals surface area contributed by atoms with Crippen LogP contribution in [0.1, 0.15) is 52.5 Å². The van der Waals surface area contributed by atoms with Crippen molar-refractivity contribution in [2.45, 2.75) is 64.0 Å². The first-order valence-electron chi connectivity index (χ1n) is 9.90. The van der Waals surface area contributed by atoms with E-state index in [9.17, 15) is 4.79 Å². The van der Waals surface area contributed by atoms with Crippen LogP contribution in [0.3, 0.4) is 0 Å². The third-order valence-electron chi connectivity index (χ3n) is 7.03. The summed E-state index contributed by atoms with van der Waals surface area (Å²) in [5.41, 5.74) is 1.82. The van der Waals surface area contributed by atoms with Gasteiger partial charge in [0.25, 0.3) is 0 Å². The average Bonchev–Trinajstić information content (AvgIpc) is 3.35. The van der Waals surface area contributed by atoms with Crippen molar-refractivity contribution in [2.75, 3.05) is 7.11 Å². The number of allylic oxidation sites excluding steroid dienone is 2. The minimum atomic E-state index is -0.450. The second kappa shape index (κ2) is 6.21. The first-order chi connectivity index (χ1) is 12.7. The normalized spacial score (nSPS) is 30.1. The van der Waals surface area contributed by atoms with Gasteiger partial charge in [0.2, 0.25) is 0 Å². The van der Waals surface area contributed by atoms with E-state index in [1.165, 1.54) is 18.2 Å². The molecule has 3 aliphatic rings. The maximum absolute atomic E-state index is 12.7. The van der Waals surface area contributed by atoms with Crippen molar-refractivity contribution in [1.82, 2.24) is 0 Å². The predicted molar refractivity (Wildman–Crippen MR) is 106 cm³/mol. The Balaban J connectivity index is 1.75. The van der Waals surface area contributed by atoms with E-state index in [-0.39, 0.29) is 23.1 Å². The van der Waals surface area contributed by atoms with E-state index >= 15 is 0 Å². The maximum atomic E-state index is 12.7. The highest BCUT2D eigenvalue weighted by Gasteiger charge is 2.60. The molecule has 1 saturated heterocycles. The van der Waals surface area contributed by atoms with Crippen molar-refractivity contribution in [3.8, 4) is 0 Å². The van der Waals surface area contributed by atoms with Crippen LogP contribution in [-0.2, 0) is 18.8 Å². The molecule has 144 valence electrons. The molecule has 4 rings (SSSR count). The summed E-state index contributed by atoms with van der Waals surface area (Å²) < 4.78 is 17.8. The van der Waals surface area contributed by atoms with Gasteiger partial charge in [-0.05, 0) is 63.5 Å². The Bertz CT molecular complexity index is 748. The lowest BCUT2D eigenvalue weighted by molar-refractivity contribution is -0.146. The zero-order valence-electron chi connectivity index (χ0n) is 17.0. The Morgan fingerprint density at radius 1 is 1.07 bits per heavy atom. The molecule has 0 N–H and O–H groups in total. The summed E-state index contributed by atoms with van der Waals surface area (Å²) >= 11 is 0. The Kier molecular flexibility index (Phi) is 4.32. The van der Waals surface area contributed by atoms with Crippen molar-refractivity contribution in [3.05, 3.63) is 42.0 Å². The summed E-state index contributed by atoms with van der Waals surface area (Å²) in [4.78, 5) is 12.7. The van der Waals surface area contributed by atoms with Crippen molar-refractivity contribution < 1.29 is 18.8 Å². The molecule has 0 radical (unpaired) electrons. The second-order valence-electron chi connectivity index (χ2n) is 9.26. The third kappa shape index (κ3) is 3.05. The molecule has 1 aliphatic heterocycles. The zero-order chi connectivity index (χ0) is 19.4. The molecular weight excluding hydrogens is 339 g/mol. The monoisotopic (exact) mass is 368 g/mol. The van der Waals surface area contributed by atoms with Crippen LogP contribution in [0.4, 0.5) is 0 Å². The van der Waals surface area contributed by atoms with Crippen LogP contribution < -0.4 is 0 Å². The van der Waals surface area contributed by atoms with E-state index in [1.807, 2.05) is 33.8 Å². The molecule has 2 fully saturated rings. The lowest BCUT2D eigenvalue weighted by atomic mass is 9.57. The number of benzene rings is 1. The molecule has 1 saturated carbocycles. The van der Waals surface area contributed by atoms with Crippen LogP contribution in [0, 0.1) is 11.3 Å². The van der Waals surface area contributed by atoms with Crippen LogP contribution in [0.2, 0.25) is 5.82 Å². The van der Waals surface area contributed by atoms with Crippen molar-refractivity contribution in [2.24, 2.45) is 11.3 Å². The number of hydrogen-bond acceptors (Lipinski definition) is 4. The summed E-state index contributed by atoms with van der Waals surface area (Å²) in [5, 5.41) is 0. The molecule has 4 nitrogen and oxygen atoms in total. The maximum Gasteiger partial charge on any atom is 0.466 e. The molecule has 1 aromatic rings. The van der Waals surface area contributed by atoms with Gasteiger partial charge in [0.05, 0.1) is 24.2 Å². The summed E-state index contributed by atoms with van der Waals surface area (Å²) in [6, 6.07) is 10.5. The van der Waals surface area contributed by atoms with Crippen LogP contribution >= 0.6 is 0 Å². The minimum Gasteiger partial charge on any atom is -0.469 e. The van der Waals surface area contributed by atoms with E-state index < -0.39 is 18.3 Å². The van der Waals surface area contributed by atoms with Gasteiger partial charge in [-0.1, -0.05) is 36.4 Å². The second-order valence-corrected chi connectivity index (χ2v) is 9.26. The van der Waals surface area contributed by atoms with E-state index in [0.29, 0.717) is 0 Å². The number of methoxy groups -OCH3 is 1. The summed E-state index contributed by atoms with van der Waals surface area (Å²) in [6.07, 6.45) is 5.29. The van der Waals surface area contributed by atoms with Gasteiger partial charge in [-0.15, -0.1) is 0 Å². The van der Waals surface area contributed by atoms with Crippen LogP contribution in [0.25, 0.3) is 5.57 Å². The van der Waals surface area contributed by atoms with Gasteiger partial charge in [-0.25, -0.2) is 0 Å². The Morgan fingerprint density at radius 2 is 1.67 bits per heavy atom. The largest absolute Gasteiger partial charge is 0.469 e. The quantitative estimate of drug-likeness (QED) is 0.582. The van der Waals surface area contributed by atoms with Gasteiger partial charge in [0, 0.05) is 5.82 Å². The Labute approximate surface area is 162 Å². The molecule has 1 aromatic carbocycles. The van der Waals surface area contributed by atoms with Gasteiger partial charge < -0.3 is 14.0 Å². The van der Waals surface area contributed by atoms with Gasteiger partial charge in [-0.2, -0.15) is 0 Å². The third-order valence-corrected chi connectivity index (χ3v) is 7.03. The lowest BCUT2D eigenvalue weighted by Crippen LogP contribution is -2.41. The van der Waals surface area contributed by atoms with E-state index in [4.69, 9.17) is 14.0 Å².